The Hall–Kier alpha value is -2.76. The second-order valence-corrected chi connectivity index (χ2v) is 10.4. The van der Waals surface area contributed by atoms with Crippen molar-refractivity contribution in [1.82, 2.24) is 14.0 Å². The molecule has 0 atom stereocenters. The van der Waals surface area contributed by atoms with Crippen LogP contribution in [-0.4, -0.2) is 48.5 Å². The van der Waals surface area contributed by atoms with Crippen LogP contribution in [0.4, 0.5) is 0 Å². The molecule has 1 aromatic carbocycles. The van der Waals surface area contributed by atoms with E-state index in [1.54, 1.807) is 0 Å². The second kappa shape index (κ2) is 8.06. The SMILES string of the molecule is COc1ccc(C(=O)Nn2cnc3sc(C)c(C)c3c2=O)cc1S(=O)(=O)N1CCCC1. The minimum atomic E-state index is -3.80. The van der Waals surface area contributed by atoms with Crippen molar-refractivity contribution >= 4 is 37.5 Å². The molecule has 0 spiro atoms. The number of sulfonamides is 1. The molecule has 1 N–H and O–H groups in total. The van der Waals surface area contributed by atoms with E-state index in [9.17, 15) is 18.0 Å². The topological polar surface area (TPSA) is 111 Å². The summed E-state index contributed by atoms with van der Waals surface area (Å²) in [5, 5.41) is 0.456. The van der Waals surface area contributed by atoms with Gasteiger partial charge in [0.25, 0.3) is 11.5 Å². The van der Waals surface area contributed by atoms with Gasteiger partial charge in [0.1, 0.15) is 21.8 Å². The third-order valence-electron chi connectivity index (χ3n) is 5.42. The lowest BCUT2D eigenvalue weighted by atomic mass is 10.2. The van der Waals surface area contributed by atoms with Gasteiger partial charge in [0.05, 0.1) is 12.5 Å². The van der Waals surface area contributed by atoms with E-state index >= 15 is 0 Å². The molecule has 3 heterocycles. The first-order chi connectivity index (χ1) is 14.7. The monoisotopic (exact) mass is 462 g/mol. The number of carbonyl (C=O) groups is 1. The summed E-state index contributed by atoms with van der Waals surface area (Å²) in [5.41, 5.74) is 3.02. The van der Waals surface area contributed by atoms with Crippen LogP contribution in [0, 0.1) is 13.8 Å². The van der Waals surface area contributed by atoms with Gasteiger partial charge in [-0.2, -0.15) is 4.31 Å². The van der Waals surface area contributed by atoms with Crippen molar-refractivity contribution in [3.8, 4) is 5.75 Å². The molecule has 1 aliphatic rings. The highest BCUT2D eigenvalue weighted by Gasteiger charge is 2.30. The van der Waals surface area contributed by atoms with Crippen molar-refractivity contribution in [1.29, 1.82) is 0 Å². The number of rotatable bonds is 5. The maximum absolute atomic E-state index is 13.0. The van der Waals surface area contributed by atoms with Gasteiger partial charge in [0.15, 0.2) is 0 Å². The maximum Gasteiger partial charge on any atom is 0.281 e. The van der Waals surface area contributed by atoms with Gasteiger partial charge in [0, 0.05) is 23.5 Å². The Morgan fingerprint density at radius 1 is 1.23 bits per heavy atom. The predicted octanol–water partition coefficient (Wildman–Crippen LogP) is 2.25. The van der Waals surface area contributed by atoms with E-state index in [0.717, 1.165) is 28.0 Å². The first-order valence-electron chi connectivity index (χ1n) is 9.71. The fraction of sp³-hybridized carbons (Fsp3) is 0.350. The normalized spacial score (nSPS) is 14.8. The fourth-order valence-electron chi connectivity index (χ4n) is 3.58. The number of fused-ring (bicyclic) bond motifs is 1. The Morgan fingerprint density at radius 2 is 1.94 bits per heavy atom. The van der Waals surface area contributed by atoms with Crippen molar-refractivity contribution in [3.63, 3.8) is 0 Å². The number of aryl methyl sites for hydroxylation is 2. The fourth-order valence-corrected chi connectivity index (χ4v) is 6.26. The van der Waals surface area contributed by atoms with E-state index in [1.807, 2.05) is 13.8 Å². The highest BCUT2D eigenvalue weighted by Crippen LogP contribution is 2.30. The molecule has 2 aromatic heterocycles. The number of hydrogen-bond acceptors (Lipinski definition) is 7. The predicted molar refractivity (Wildman–Crippen MR) is 118 cm³/mol. The summed E-state index contributed by atoms with van der Waals surface area (Å²) >= 11 is 1.42. The summed E-state index contributed by atoms with van der Waals surface area (Å²) in [6.07, 6.45) is 2.84. The van der Waals surface area contributed by atoms with Crippen LogP contribution in [0.2, 0.25) is 0 Å². The first kappa shape index (κ1) is 21.5. The average molecular weight is 463 g/mol. The molecule has 3 aromatic rings. The highest BCUT2D eigenvalue weighted by atomic mass is 32.2. The summed E-state index contributed by atoms with van der Waals surface area (Å²) in [6, 6.07) is 4.17. The summed E-state index contributed by atoms with van der Waals surface area (Å²) in [4.78, 5) is 31.4. The van der Waals surface area contributed by atoms with Gasteiger partial charge in [-0.3, -0.25) is 15.0 Å². The van der Waals surface area contributed by atoms with Crippen LogP contribution in [0.15, 0.2) is 34.2 Å². The smallest absolute Gasteiger partial charge is 0.281 e. The van der Waals surface area contributed by atoms with Crippen LogP contribution in [0.25, 0.3) is 10.2 Å². The van der Waals surface area contributed by atoms with Crippen molar-refractivity contribution in [2.45, 2.75) is 31.6 Å². The molecule has 9 nitrogen and oxygen atoms in total. The standard InChI is InChI=1S/C20H22N4O5S2/c1-12-13(2)30-19-17(12)20(26)24(11-21-19)22-18(25)14-6-7-15(29-3)16(10-14)31(27,28)23-8-4-5-9-23/h6-7,10-11H,4-5,8-9H2,1-3H3,(H,22,25). The summed E-state index contributed by atoms with van der Waals surface area (Å²) < 4.78 is 33.7. The van der Waals surface area contributed by atoms with Crippen LogP contribution >= 0.6 is 11.3 Å². The van der Waals surface area contributed by atoms with Gasteiger partial charge in [0.2, 0.25) is 10.0 Å². The molecule has 11 heteroatoms. The average Bonchev–Trinajstić information content (AvgIpc) is 3.39. The molecule has 0 saturated carbocycles. The molecule has 164 valence electrons. The molecule has 0 unspecified atom stereocenters. The lowest BCUT2D eigenvalue weighted by molar-refractivity contribution is 0.101. The number of carbonyl (C=O) groups excluding carboxylic acids is 1. The quantitative estimate of drug-likeness (QED) is 0.623. The van der Waals surface area contributed by atoms with E-state index in [-0.39, 0.29) is 16.2 Å². The number of ether oxygens (including phenoxy) is 1. The van der Waals surface area contributed by atoms with E-state index in [0.29, 0.717) is 23.3 Å². The molecule has 1 saturated heterocycles. The van der Waals surface area contributed by atoms with Crippen molar-refractivity contribution < 1.29 is 17.9 Å². The maximum atomic E-state index is 13.0. The zero-order chi connectivity index (χ0) is 22.3. The number of nitrogens with zero attached hydrogens (tertiary/aromatic N) is 3. The Bertz CT molecular complexity index is 1340. The minimum Gasteiger partial charge on any atom is -0.495 e. The number of hydrogen-bond donors (Lipinski definition) is 1. The van der Waals surface area contributed by atoms with E-state index in [1.165, 1.54) is 47.3 Å². The molecule has 31 heavy (non-hydrogen) atoms. The van der Waals surface area contributed by atoms with Crippen LogP contribution < -0.4 is 15.7 Å². The van der Waals surface area contributed by atoms with Crippen LogP contribution in [-0.2, 0) is 10.0 Å². The van der Waals surface area contributed by atoms with Crippen LogP contribution in [0.3, 0.4) is 0 Å². The zero-order valence-electron chi connectivity index (χ0n) is 17.3. The summed E-state index contributed by atoms with van der Waals surface area (Å²) in [7, 11) is -2.42. The number of thiophene rings is 1. The Labute approximate surface area is 183 Å². The molecule has 1 fully saturated rings. The second-order valence-electron chi connectivity index (χ2n) is 7.30. The van der Waals surface area contributed by atoms with Gasteiger partial charge in [-0.1, -0.05) is 0 Å². The summed E-state index contributed by atoms with van der Waals surface area (Å²) in [6.45, 7) is 4.61. The number of nitrogens with one attached hydrogen (secondary N) is 1. The van der Waals surface area contributed by atoms with Gasteiger partial charge in [-0.25, -0.2) is 18.1 Å². The van der Waals surface area contributed by atoms with Crippen molar-refractivity contribution in [2.24, 2.45) is 0 Å². The van der Waals surface area contributed by atoms with E-state index in [4.69, 9.17) is 4.74 Å². The molecule has 0 aliphatic carbocycles. The molecular weight excluding hydrogens is 440 g/mol. The molecular formula is C20H22N4O5S2. The largest absolute Gasteiger partial charge is 0.495 e. The van der Waals surface area contributed by atoms with Crippen LogP contribution in [0.5, 0.6) is 5.75 Å². The first-order valence-corrected chi connectivity index (χ1v) is 12.0. The minimum absolute atomic E-state index is 0.0743. The van der Waals surface area contributed by atoms with E-state index < -0.39 is 21.5 Å². The zero-order valence-corrected chi connectivity index (χ0v) is 19.0. The molecule has 0 bridgehead atoms. The number of benzene rings is 1. The van der Waals surface area contributed by atoms with Gasteiger partial charge >= 0.3 is 0 Å². The van der Waals surface area contributed by atoms with Gasteiger partial charge in [-0.15, -0.1) is 11.3 Å². The Morgan fingerprint density at radius 3 is 2.61 bits per heavy atom. The Kier molecular flexibility index (Phi) is 5.58. The van der Waals surface area contributed by atoms with Crippen molar-refractivity contribution in [2.75, 3.05) is 25.6 Å². The molecule has 4 rings (SSSR count). The lowest BCUT2D eigenvalue weighted by Gasteiger charge is -2.18. The molecule has 0 radical (unpaired) electrons. The third-order valence-corrected chi connectivity index (χ3v) is 8.46. The number of amides is 1. The van der Waals surface area contributed by atoms with Crippen LogP contribution in [0.1, 0.15) is 33.6 Å². The number of methoxy groups -OCH3 is 1. The molecule has 1 aliphatic heterocycles. The van der Waals surface area contributed by atoms with Crippen molar-refractivity contribution in [3.05, 3.63) is 50.9 Å². The Balaban J connectivity index is 1.70. The summed E-state index contributed by atoms with van der Waals surface area (Å²) in [5.74, 6) is -0.471. The lowest BCUT2D eigenvalue weighted by Crippen LogP contribution is -2.33. The third kappa shape index (κ3) is 3.73. The highest BCUT2D eigenvalue weighted by molar-refractivity contribution is 7.89. The van der Waals surface area contributed by atoms with Gasteiger partial charge < -0.3 is 4.74 Å². The van der Waals surface area contributed by atoms with Gasteiger partial charge in [-0.05, 0) is 50.5 Å². The molecule has 1 amide bonds. The van der Waals surface area contributed by atoms with E-state index in [2.05, 4.69) is 10.4 Å². The number of aromatic nitrogens is 2.